The van der Waals surface area contributed by atoms with Gasteiger partial charge in [-0.2, -0.15) is 0 Å². The molecule has 0 bridgehead atoms. The highest BCUT2D eigenvalue weighted by atomic mass is 16.3. The smallest absolute Gasteiger partial charge is 0.124 e. The molecule has 0 aromatic heterocycles. The summed E-state index contributed by atoms with van der Waals surface area (Å²) in [7, 11) is 1.67. The van der Waals surface area contributed by atoms with E-state index in [1.165, 1.54) is 0 Å². The van der Waals surface area contributed by atoms with Gasteiger partial charge in [0.2, 0.25) is 0 Å². The molecule has 1 rings (SSSR count). The molecule has 0 spiro atoms. The standard InChI is InChI=1S/C8H9NO/c1-9-6-7-4-2-3-5-8(7)10/h2-6,10H,1H3. The fourth-order valence-corrected chi connectivity index (χ4v) is 0.736. The number of phenols is 1. The molecule has 10 heavy (non-hydrogen) atoms. The van der Waals surface area contributed by atoms with E-state index in [1.807, 2.05) is 12.1 Å². The van der Waals surface area contributed by atoms with Crippen molar-refractivity contribution in [2.45, 2.75) is 0 Å². The highest BCUT2D eigenvalue weighted by Gasteiger charge is 1.91. The van der Waals surface area contributed by atoms with Crippen LogP contribution in [0.15, 0.2) is 29.3 Å². The number of nitrogens with zero attached hydrogens (tertiary/aromatic N) is 1. The summed E-state index contributed by atoms with van der Waals surface area (Å²) in [6, 6.07) is 7.08. The third kappa shape index (κ3) is 1.35. The van der Waals surface area contributed by atoms with E-state index in [4.69, 9.17) is 5.11 Å². The molecule has 2 heteroatoms. The van der Waals surface area contributed by atoms with Crippen LogP contribution >= 0.6 is 0 Å². The molecule has 0 saturated carbocycles. The Labute approximate surface area is 59.9 Å². The highest BCUT2D eigenvalue weighted by molar-refractivity contribution is 5.82. The molecule has 2 nitrogen and oxygen atoms in total. The molecule has 0 atom stereocenters. The minimum Gasteiger partial charge on any atom is -0.507 e. The molecule has 1 aromatic carbocycles. The normalized spacial score (nSPS) is 10.5. The van der Waals surface area contributed by atoms with Gasteiger partial charge in [0.15, 0.2) is 0 Å². The Balaban J connectivity index is 3.03. The molecular weight excluding hydrogens is 126 g/mol. The van der Waals surface area contributed by atoms with Gasteiger partial charge in [0, 0.05) is 18.8 Å². The topological polar surface area (TPSA) is 32.6 Å². The van der Waals surface area contributed by atoms with Crippen LogP contribution in [0, 0.1) is 0 Å². The summed E-state index contributed by atoms with van der Waals surface area (Å²) in [5, 5.41) is 9.15. The lowest BCUT2D eigenvalue weighted by Crippen LogP contribution is -1.79. The van der Waals surface area contributed by atoms with Crippen LogP contribution in [0.4, 0.5) is 0 Å². The van der Waals surface area contributed by atoms with Gasteiger partial charge < -0.3 is 5.11 Å². The number of hydrogen-bond donors (Lipinski definition) is 1. The van der Waals surface area contributed by atoms with Crippen LogP contribution in [0.1, 0.15) is 5.56 Å². The van der Waals surface area contributed by atoms with Crippen molar-refractivity contribution < 1.29 is 5.11 Å². The van der Waals surface area contributed by atoms with E-state index < -0.39 is 0 Å². The fraction of sp³-hybridized carbons (Fsp3) is 0.125. The average molecular weight is 135 g/mol. The first-order chi connectivity index (χ1) is 4.84. The lowest BCUT2D eigenvalue weighted by molar-refractivity contribution is 0.474. The number of benzene rings is 1. The number of aliphatic imine (C=N–C) groups is 1. The van der Waals surface area contributed by atoms with Crippen LogP contribution in [-0.4, -0.2) is 18.4 Å². The van der Waals surface area contributed by atoms with Crippen molar-refractivity contribution in [1.82, 2.24) is 0 Å². The molecule has 0 aliphatic carbocycles. The van der Waals surface area contributed by atoms with Crippen LogP contribution in [0.25, 0.3) is 0 Å². The van der Waals surface area contributed by atoms with Crippen molar-refractivity contribution in [3.05, 3.63) is 29.8 Å². The molecule has 0 unspecified atom stereocenters. The Bertz CT molecular complexity index is 243. The van der Waals surface area contributed by atoms with E-state index in [0.29, 0.717) is 0 Å². The molecule has 0 aliphatic rings. The summed E-state index contributed by atoms with van der Waals surface area (Å²) in [5.74, 6) is 0.271. The van der Waals surface area contributed by atoms with Crippen molar-refractivity contribution in [2.24, 2.45) is 4.99 Å². The number of hydrogen-bond acceptors (Lipinski definition) is 2. The summed E-state index contributed by atoms with van der Waals surface area (Å²) in [6.45, 7) is 0. The number of para-hydroxylation sites is 1. The Hall–Kier alpha value is -1.31. The minimum absolute atomic E-state index is 0.271. The van der Waals surface area contributed by atoms with Gasteiger partial charge in [0.25, 0.3) is 0 Å². The van der Waals surface area contributed by atoms with E-state index in [-0.39, 0.29) is 5.75 Å². The molecule has 0 radical (unpaired) electrons. The zero-order valence-electron chi connectivity index (χ0n) is 5.78. The predicted molar refractivity (Wildman–Crippen MR) is 41.6 cm³/mol. The van der Waals surface area contributed by atoms with Crippen LogP contribution in [0.3, 0.4) is 0 Å². The minimum atomic E-state index is 0.271. The SMILES string of the molecule is CN=Cc1ccccc1O. The van der Waals surface area contributed by atoms with Gasteiger partial charge in [-0.15, -0.1) is 0 Å². The first kappa shape index (κ1) is 6.81. The maximum atomic E-state index is 9.15. The summed E-state index contributed by atoms with van der Waals surface area (Å²) in [4.78, 5) is 3.78. The molecule has 1 aromatic rings. The maximum Gasteiger partial charge on any atom is 0.124 e. The molecule has 1 N–H and O–H groups in total. The quantitative estimate of drug-likeness (QED) is 0.580. The van der Waals surface area contributed by atoms with Crippen molar-refractivity contribution in [2.75, 3.05) is 7.05 Å². The Morgan fingerprint density at radius 1 is 1.40 bits per heavy atom. The van der Waals surface area contributed by atoms with Gasteiger partial charge in [-0.3, -0.25) is 4.99 Å². The van der Waals surface area contributed by atoms with Crippen LogP contribution in [-0.2, 0) is 0 Å². The zero-order chi connectivity index (χ0) is 7.40. The van der Waals surface area contributed by atoms with Gasteiger partial charge in [-0.25, -0.2) is 0 Å². The Kier molecular flexibility index (Phi) is 2.05. The molecule has 0 fully saturated rings. The molecule has 52 valence electrons. The summed E-state index contributed by atoms with van der Waals surface area (Å²) in [5.41, 5.74) is 0.755. The third-order valence-corrected chi connectivity index (χ3v) is 1.20. The molecule has 0 saturated heterocycles. The molecule has 0 heterocycles. The molecule has 0 amide bonds. The van der Waals surface area contributed by atoms with Crippen LogP contribution in [0.5, 0.6) is 5.75 Å². The second-order valence-corrected chi connectivity index (χ2v) is 1.95. The van der Waals surface area contributed by atoms with Gasteiger partial charge >= 0.3 is 0 Å². The van der Waals surface area contributed by atoms with Gasteiger partial charge in [0.1, 0.15) is 5.75 Å². The second kappa shape index (κ2) is 3.01. The van der Waals surface area contributed by atoms with E-state index in [0.717, 1.165) is 5.56 Å². The van der Waals surface area contributed by atoms with Crippen molar-refractivity contribution in [3.8, 4) is 5.75 Å². The average Bonchev–Trinajstić information content (AvgIpc) is 1.94. The lowest BCUT2D eigenvalue weighted by Gasteiger charge is -1.94. The van der Waals surface area contributed by atoms with E-state index in [2.05, 4.69) is 4.99 Å². The highest BCUT2D eigenvalue weighted by Crippen LogP contribution is 2.12. The second-order valence-electron chi connectivity index (χ2n) is 1.95. The first-order valence-electron chi connectivity index (χ1n) is 3.05. The zero-order valence-corrected chi connectivity index (χ0v) is 5.78. The Morgan fingerprint density at radius 2 is 2.10 bits per heavy atom. The predicted octanol–water partition coefficient (Wildman–Crippen LogP) is 1.44. The lowest BCUT2D eigenvalue weighted by atomic mass is 10.2. The summed E-state index contributed by atoms with van der Waals surface area (Å²) in [6.07, 6.45) is 1.62. The Morgan fingerprint density at radius 3 is 2.70 bits per heavy atom. The van der Waals surface area contributed by atoms with Crippen molar-refractivity contribution >= 4 is 6.21 Å². The van der Waals surface area contributed by atoms with Gasteiger partial charge in [0.05, 0.1) is 0 Å². The third-order valence-electron chi connectivity index (χ3n) is 1.20. The monoisotopic (exact) mass is 135 g/mol. The summed E-state index contributed by atoms with van der Waals surface area (Å²) >= 11 is 0. The van der Waals surface area contributed by atoms with Crippen molar-refractivity contribution in [1.29, 1.82) is 0 Å². The summed E-state index contributed by atoms with van der Waals surface area (Å²) < 4.78 is 0. The molecular formula is C8H9NO. The number of aromatic hydroxyl groups is 1. The largest absolute Gasteiger partial charge is 0.507 e. The maximum absolute atomic E-state index is 9.15. The van der Waals surface area contributed by atoms with Gasteiger partial charge in [-0.1, -0.05) is 12.1 Å². The van der Waals surface area contributed by atoms with Crippen LogP contribution in [0.2, 0.25) is 0 Å². The molecule has 0 aliphatic heterocycles. The van der Waals surface area contributed by atoms with E-state index >= 15 is 0 Å². The number of rotatable bonds is 1. The first-order valence-corrected chi connectivity index (χ1v) is 3.05. The number of phenolic OH excluding ortho intramolecular Hbond substituents is 1. The van der Waals surface area contributed by atoms with Crippen LogP contribution < -0.4 is 0 Å². The fourth-order valence-electron chi connectivity index (χ4n) is 0.736. The van der Waals surface area contributed by atoms with Gasteiger partial charge in [-0.05, 0) is 12.1 Å². The van der Waals surface area contributed by atoms with E-state index in [1.54, 1.807) is 25.4 Å². The van der Waals surface area contributed by atoms with Crippen molar-refractivity contribution in [3.63, 3.8) is 0 Å². The van der Waals surface area contributed by atoms with E-state index in [9.17, 15) is 0 Å².